The first kappa shape index (κ1) is 17.8. The van der Waals surface area contributed by atoms with E-state index in [1.807, 2.05) is 56.3 Å². The quantitative estimate of drug-likeness (QED) is 0.801. The number of nitrogens with one attached hydrogen (secondary N) is 2. The summed E-state index contributed by atoms with van der Waals surface area (Å²) in [6, 6.07) is 13.8. The van der Waals surface area contributed by atoms with Crippen molar-refractivity contribution in [3.8, 4) is 0 Å². The number of ether oxygens (including phenoxy) is 1. The predicted octanol–water partition coefficient (Wildman–Crippen LogP) is 2.88. The summed E-state index contributed by atoms with van der Waals surface area (Å²) in [4.78, 5) is 23.9. The summed E-state index contributed by atoms with van der Waals surface area (Å²) in [5.74, 6) is -0.758. The van der Waals surface area contributed by atoms with Crippen molar-refractivity contribution in [1.82, 2.24) is 10.6 Å². The zero-order chi connectivity index (χ0) is 17.5. The normalized spacial score (nSPS) is 12.0. The molecule has 5 nitrogen and oxygen atoms in total. The van der Waals surface area contributed by atoms with E-state index in [4.69, 9.17) is 4.74 Å². The molecule has 0 aliphatic rings. The van der Waals surface area contributed by atoms with Crippen molar-refractivity contribution in [1.29, 1.82) is 0 Å². The lowest BCUT2D eigenvalue weighted by molar-refractivity contribution is -0.145. The monoisotopic (exact) mass is 328 g/mol. The maximum absolute atomic E-state index is 12.1. The van der Waals surface area contributed by atoms with Gasteiger partial charge in [-0.1, -0.05) is 42.5 Å². The summed E-state index contributed by atoms with van der Waals surface area (Å²) in [6.45, 7) is 4.00. The van der Waals surface area contributed by atoms with Gasteiger partial charge in [0.1, 0.15) is 0 Å². The lowest BCUT2D eigenvalue weighted by atomic mass is 9.95. The van der Waals surface area contributed by atoms with Gasteiger partial charge in [-0.05, 0) is 36.6 Å². The molecule has 2 aromatic carbocycles. The van der Waals surface area contributed by atoms with E-state index in [0.29, 0.717) is 6.42 Å². The van der Waals surface area contributed by atoms with Crippen LogP contribution in [-0.2, 0) is 16.0 Å². The third-order valence-corrected chi connectivity index (χ3v) is 3.81. The summed E-state index contributed by atoms with van der Waals surface area (Å²) in [5, 5.41) is 7.73. The fourth-order valence-electron chi connectivity index (χ4n) is 2.67. The van der Waals surface area contributed by atoms with E-state index in [9.17, 15) is 9.59 Å². The van der Waals surface area contributed by atoms with Crippen LogP contribution in [0.2, 0.25) is 0 Å². The van der Waals surface area contributed by atoms with Crippen molar-refractivity contribution in [3.05, 3.63) is 48.0 Å². The van der Waals surface area contributed by atoms with Crippen molar-refractivity contribution in [2.24, 2.45) is 5.92 Å². The Morgan fingerprint density at radius 3 is 2.50 bits per heavy atom. The van der Waals surface area contributed by atoms with Gasteiger partial charge in [0.25, 0.3) is 0 Å². The minimum atomic E-state index is -0.432. The number of urea groups is 1. The third-order valence-electron chi connectivity index (χ3n) is 3.81. The minimum Gasteiger partial charge on any atom is -0.469 e. The first-order valence-electron chi connectivity index (χ1n) is 8.10. The predicted molar refractivity (Wildman–Crippen MR) is 94.8 cm³/mol. The molecule has 0 spiro atoms. The molecule has 2 rings (SSSR count). The van der Waals surface area contributed by atoms with Crippen LogP contribution in [0.25, 0.3) is 10.8 Å². The molecule has 0 radical (unpaired) electrons. The number of hydrogen-bond donors (Lipinski definition) is 2. The highest BCUT2D eigenvalue weighted by Gasteiger charge is 2.21. The molecule has 128 valence electrons. The maximum atomic E-state index is 12.1. The van der Waals surface area contributed by atoms with Crippen LogP contribution in [0.3, 0.4) is 0 Å². The third kappa shape index (κ3) is 4.72. The molecule has 2 aromatic rings. The number of fused-ring (bicyclic) bond motifs is 1. The van der Waals surface area contributed by atoms with E-state index < -0.39 is 5.92 Å². The van der Waals surface area contributed by atoms with Crippen molar-refractivity contribution >= 4 is 22.8 Å². The average Bonchev–Trinajstić information content (AvgIpc) is 2.57. The smallest absolute Gasteiger partial charge is 0.315 e. The molecule has 0 saturated carbocycles. The van der Waals surface area contributed by atoms with Crippen molar-refractivity contribution in [2.45, 2.75) is 26.3 Å². The molecule has 0 bridgehead atoms. The second kappa shape index (κ2) is 8.34. The van der Waals surface area contributed by atoms with Crippen LogP contribution < -0.4 is 10.6 Å². The highest BCUT2D eigenvalue weighted by atomic mass is 16.5. The molecule has 0 aromatic heterocycles. The Bertz CT molecular complexity index is 707. The number of carbonyl (C=O) groups is 2. The first-order chi connectivity index (χ1) is 11.5. The molecule has 2 N–H and O–H groups in total. The van der Waals surface area contributed by atoms with E-state index >= 15 is 0 Å². The topological polar surface area (TPSA) is 67.4 Å². The fourth-order valence-corrected chi connectivity index (χ4v) is 2.67. The van der Waals surface area contributed by atoms with Crippen molar-refractivity contribution in [2.75, 3.05) is 13.7 Å². The van der Waals surface area contributed by atoms with Gasteiger partial charge in [-0.15, -0.1) is 0 Å². The summed E-state index contributed by atoms with van der Waals surface area (Å²) in [6.07, 6.45) is 0.510. The molecule has 5 heteroatoms. The van der Waals surface area contributed by atoms with Crippen LogP contribution in [0.4, 0.5) is 4.79 Å². The Morgan fingerprint density at radius 1 is 1.08 bits per heavy atom. The molecular weight excluding hydrogens is 304 g/mol. The number of hydrogen-bond acceptors (Lipinski definition) is 3. The van der Waals surface area contributed by atoms with Crippen LogP contribution in [-0.4, -0.2) is 31.7 Å². The molecule has 0 heterocycles. The molecule has 0 aliphatic heterocycles. The van der Waals surface area contributed by atoms with Gasteiger partial charge in [-0.25, -0.2) is 4.79 Å². The summed E-state index contributed by atoms with van der Waals surface area (Å²) < 4.78 is 4.90. The number of amides is 2. The Labute approximate surface area is 142 Å². The number of carbonyl (C=O) groups excluding carboxylic acids is 2. The molecule has 24 heavy (non-hydrogen) atoms. The molecule has 0 unspecified atom stereocenters. The number of esters is 1. The van der Waals surface area contributed by atoms with Gasteiger partial charge in [0.2, 0.25) is 0 Å². The standard InChI is InChI=1S/C19H24N2O3/c1-13(2)21-19(23)20-12-16(18(22)24-3)11-15-9-6-8-14-7-4-5-10-17(14)15/h4-10,13,16H,11-12H2,1-3H3,(H2,20,21,23)/t16-/m0/s1. The van der Waals surface area contributed by atoms with Gasteiger partial charge in [-0.3, -0.25) is 4.79 Å². The van der Waals surface area contributed by atoms with E-state index in [1.54, 1.807) is 0 Å². The van der Waals surface area contributed by atoms with Gasteiger partial charge < -0.3 is 15.4 Å². The molecular formula is C19H24N2O3. The molecule has 1 atom stereocenters. The molecule has 2 amide bonds. The van der Waals surface area contributed by atoms with Crippen LogP contribution >= 0.6 is 0 Å². The summed E-state index contributed by atoms with van der Waals surface area (Å²) in [7, 11) is 1.37. The Balaban J connectivity index is 2.13. The lowest BCUT2D eigenvalue weighted by Crippen LogP contribution is -2.43. The Morgan fingerprint density at radius 2 is 1.79 bits per heavy atom. The zero-order valence-electron chi connectivity index (χ0n) is 14.3. The summed E-state index contributed by atoms with van der Waals surface area (Å²) >= 11 is 0. The van der Waals surface area contributed by atoms with Crippen LogP contribution in [0.5, 0.6) is 0 Å². The van der Waals surface area contributed by atoms with Gasteiger partial charge in [-0.2, -0.15) is 0 Å². The van der Waals surface area contributed by atoms with Gasteiger partial charge in [0, 0.05) is 12.6 Å². The van der Waals surface area contributed by atoms with E-state index in [2.05, 4.69) is 10.6 Å². The average molecular weight is 328 g/mol. The van der Waals surface area contributed by atoms with E-state index in [0.717, 1.165) is 16.3 Å². The Kier molecular flexibility index (Phi) is 6.18. The van der Waals surface area contributed by atoms with E-state index in [1.165, 1.54) is 7.11 Å². The van der Waals surface area contributed by atoms with Crippen LogP contribution in [0.15, 0.2) is 42.5 Å². The van der Waals surface area contributed by atoms with Crippen LogP contribution in [0.1, 0.15) is 19.4 Å². The maximum Gasteiger partial charge on any atom is 0.315 e. The fraction of sp³-hybridized carbons (Fsp3) is 0.368. The molecule has 0 aliphatic carbocycles. The number of rotatable bonds is 6. The highest BCUT2D eigenvalue weighted by Crippen LogP contribution is 2.21. The number of methoxy groups -OCH3 is 1. The first-order valence-corrected chi connectivity index (χ1v) is 8.10. The minimum absolute atomic E-state index is 0.0413. The van der Waals surface area contributed by atoms with Gasteiger partial charge in [0.05, 0.1) is 13.0 Å². The SMILES string of the molecule is COC(=O)[C@H](CNC(=O)NC(C)C)Cc1cccc2ccccc12. The molecule has 0 fully saturated rings. The molecule has 0 saturated heterocycles. The van der Waals surface area contributed by atoms with Crippen molar-refractivity contribution < 1.29 is 14.3 Å². The van der Waals surface area contributed by atoms with Gasteiger partial charge >= 0.3 is 12.0 Å². The largest absolute Gasteiger partial charge is 0.469 e. The second-order valence-electron chi connectivity index (χ2n) is 6.07. The van der Waals surface area contributed by atoms with Crippen LogP contribution in [0, 0.1) is 5.92 Å². The zero-order valence-corrected chi connectivity index (χ0v) is 14.3. The second-order valence-corrected chi connectivity index (χ2v) is 6.07. The lowest BCUT2D eigenvalue weighted by Gasteiger charge is -2.17. The van der Waals surface area contributed by atoms with Gasteiger partial charge in [0.15, 0.2) is 0 Å². The number of benzene rings is 2. The van der Waals surface area contributed by atoms with E-state index in [-0.39, 0.29) is 24.6 Å². The van der Waals surface area contributed by atoms with Crippen molar-refractivity contribution in [3.63, 3.8) is 0 Å². The highest BCUT2D eigenvalue weighted by molar-refractivity contribution is 5.86. The summed E-state index contributed by atoms with van der Waals surface area (Å²) in [5.41, 5.74) is 1.06. The Hall–Kier alpha value is -2.56.